The molecule has 2 aromatic rings. The molecule has 0 aliphatic heterocycles. The van der Waals surface area contributed by atoms with E-state index in [4.69, 9.17) is 4.74 Å². The Balaban J connectivity index is 1.76. The van der Waals surface area contributed by atoms with Gasteiger partial charge in [0.25, 0.3) is 5.91 Å². The van der Waals surface area contributed by atoms with E-state index in [9.17, 15) is 9.59 Å². The summed E-state index contributed by atoms with van der Waals surface area (Å²) in [6.45, 7) is 0. The minimum Gasteiger partial charge on any atom is -0.465 e. The minimum absolute atomic E-state index is 0.210. The van der Waals surface area contributed by atoms with Crippen molar-refractivity contribution in [2.45, 2.75) is 31.7 Å². The molecule has 1 amide bonds. The number of ether oxygens (including phenoxy) is 1. The van der Waals surface area contributed by atoms with E-state index in [2.05, 4.69) is 20.6 Å². The smallest absolute Gasteiger partial charge is 0.339 e. The van der Waals surface area contributed by atoms with Crippen LogP contribution in [0.15, 0.2) is 36.7 Å². The molecule has 0 atom stereocenters. The Morgan fingerprint density at radius 2 is 1.92 bits per heavy atom. The number of nitrogens with one attached hydrogen (secondary N) is 2. The number of anilines is 2. The third-order valence-electron chi connectivity index (χ3n) is 4.19. The quantitative estimate of drug-likeness (QED) is 0.813. The zero-order valence-corrected chi connectivity index (χ0v) is 14.0. The topological polar surface area (TPSA) is 93.2 Å². The monoisotopic (exact) mass is 340 g/mol. The number of esters is 1. The van der Waals surface area contributed by atoms with E-state index in [0.717, 1.165) is 25.7 Å². The second kappa shape index (κ2) is 7.74. The Labute approximate surface area is 145 Å². The Kier molecular flexibility index (Phi) is 5.23. The first-order valence-corrected chi connectivity index (χ1v) is 8.24. The molecular weight excluding hydrogens is 320 g/mol. The molecule has 0 unspecified atom stereocenters. The van der Waals surface area contributed by atoms with E-state index in [0.29, 0.717) is 22.8 Å². The van der Waals surface area contributed by atoms with Crippen molar-refractivity contribution >= 4 is 23.4 Å². The summed E-state index contributed by atoms with van der Waals surface area (Å²) in [5, 5.41) is 6.04. The number of carbonyl (C=O) groups excluding carboxylic acids is 2. The van der Waals surface area contributed by atoms with E-state index >= 15 is 0 Å². The molecule has 130 valence electrons. The molecule has 0 saturated heterocycles. The highest BCUT2D eigenvalue weighted by Gasteiger charge is 2.19. The number of hydrogen-bond acceptors (Lipinski definition) is 6. The van der Waals surface area contributed by atoms with Gasteiger partial charge in [0.15, 0.2) is 0 Å². The lowest BCUT2D eigenvalue weighted by atomic mass is 10.2. The van der Waals surface area contributed by atoms with Gasteiger partial charge in [0, 0.05) is 12.1 Å². The standard InChI is InChI=1S/C18H20N4O3/c1-25-18(24)13-8-4-5-9-14(13)22-16-10-15(19-11-20-16)17(23)21-12-6-2-3-7-12/h4-5,8-12H,2-3,6-7H2,1H3,(H,21,23)(H,19,20,22). The number of amides is 1. The van der Waals surface area contributed by atoms with Gasteiger partial charge in [-0.15, -0.1) is 0 Å². The van der Waals surface area contributed by atoms with Gasteiger partial charge >= 0.3 is 5.97 Å². The van der Waals surface area contributed by atoms with Gasteiger partial charge in [-0.25, -0.2) is 14.8 Å². The van der Waals surface area contributed by atoms with Crippen molar-refractivity contribution in [1.82, 2.24) is 15.3 Å². The first-order valence-electron chi connectivity index (χ1n) is 8.24. The van der Waals surface area contributed by atoms with Crippen LogP contribution in [0.25, 0.3) is 0 Å². The van der Waals surface area contributed by atoms with Crippen molar-refractivity contribution in [3.05, 3.63) is 47.9 Å². The van der Waals surface area contributed by atoms with Crippen LogP contribution in [-0.2, 0) is 4.74 Å². The van der Waals surface area contributed by atoms with Crippen molar-refractivity contribution in [2.24, 2.45) is 0 Å². The zero-order valence-electron chi connectivity index (χ0n) is 14.0. The Hall–Kier alpha value is -2.96. The Morgan fingerprint density at radius 3 is 2.68 bits per heavy atom. The summed E-state index contributed by atoms with van der Waals surface area (Å²) in [7, 11) is 1.33. The van der Waals surface area contributed by atoms with Gasteiger partial charge in [-0.05, 0) is 25.0 Å². The molecule has 1 aliphatic carbocycles. The summed E-state index contributed by atoms with van der Waals surface area (Å²) in [6.07, 6.45) is 5.63. The molecule has 0 spiro atoms. The number of hydrogen-bond donors (Lipinski definition) is 2. The lowest BCUT2D eigenvalue weighted by Crippen LogP contribution is -2.33. The fourth-order valence-electron chi connectivity index (χ4n) is 2.90. The van der Waals surface area contributed by atoms with Crippen LogP contribution in [0.4, 0.5) is 11.5 Å². The van der Waals surface area contributed by atoms with Gasteiger partial charge in [0.1, 0.15) is 17.8 Å². The van der Waals surface area contributed by atoms with Crippen LogP contribution in [0.2, 0.25) is 0 Å². The lowest BCUT2D eigenvalue weighted by molar-refractivity contribution is 0.0601. The molecule has 7 nitrogen and oxygen atoms in total. The van der Waals surface area contributed by atoms with Crippen molar-refractivity contribution in [3.63, 3.8) is 0 Å². The Bertz CT molecular complexity index is 772. The molecule has 3 rings (SSSR count). The average Bonchev–Trinajstić information content (AvgIpc) is 3.15. The van der Waals surface area contributed by atoms with Crippen molar-refractivity contribution in [2.75, 3.05) is 12.4 Å². The first-order chi connectivity index (χ1) is 12.2. The maximum absolute atomic E-state index is 12.3. The molecule has 1 aromatic carbocycles. The van der Waals surface area contributed by atoms with Crippen LogP contribution in [0, 0.1) is 0 Å². The van der Waals surface area contributed by atoms with E-state index < -0.39 is 5.97 Å². The predicted octanol–water partition coefficient (Wildman–Crippen LogP) is 2.68. The summed E-state index contributed by atoms with van der Waals surface area (Å²) in [5.74, 6) is -0.224. The first kappa shape index (κ1) is 16.9. The number of methoxy groups -OCH3 is 1. The molecule has 0 radical (unpaired) electrons. The molecule has 2 N–H and O–H groups in total. The van der Waals surface area contributed by atoms with Gasteiger partial charge in [0.05, 0.1) is 18.4 Å². The second-order valence-corrected chi connectivity index (χ2v) is 5.91. The summed E-state index contributed by atoms with van der Waals surface area (Å²) >= 11 is 0. The van der Waals surface area contributed by atoms with Gasteiger partial charge in [0.2, 0.25) is 0 Å². The highest BCUT2D eigenvalue weighted by molar-refractivity contribution is 5.97. The lowest BCUT2D eigenvalue weighted by Gasteiger charge is -2.13. The number of aromatic nitrogens is 2. The largest absolute Gasteiger partial charge is 0.465 e. The van der Waals surface area contributed by atoms with Crippen molar-refractivity contribution in [3.8, 4) is 0 Å². The highest BCUT2D eigenvalue weighted by Crippen LogP contribution is 2.21. The third kappa shape index (κ3) is 4.12. The predicted molar refractivity (Wildman–Crippen MR) is 92.8 cm³/mol. The number of para-hydroxylation sites is 1. The van der Waals surface area contributed by atoms with Crippen LogP contribution < -0.4 is 10.6 Å². The summed E-state index contributed by atoms with van der Waals surface area (Å²) in [4.78, 5) is 32.3. The molecule has 25 heavy (non-hydrogen) atoms. The maximum Gasteiger partial charge on any atom is 0.339 e. The van der Waals surface area contributed by atoms with Crippen molar-refractivity contribution in [1.29, 1.82) is 0 Å². The maximum atomic E-state index is 12.3. The fourth-order valence-corrected chi connectivity index (χ4v) is 2.90. The van der Waals surface area contributed by atoms with Crippen LogP contribution in [0.5, 0.6) is 0 Å². The molecule has 0 bridgehead atoms. The average molecular weight is 340 g/mol. The fraction of sp³-hybridized carbons (Fsp3) is 0.333. The molecular formula is C18H20N4O3. The molecule has 1 aliphatic rings. The SMILES string of the molecule is COC(=O)c1ccccc1Nc1cc(C(=O)NC2CCCC2)ncn1. The second-order valence-electron chi connectivity index (χ2n) is 5.91. The normalized spacial score (nSPS) is 14.1. The van der Waals surface area contributed by atoms with Crippen molar-refractivity contribution < 1.29 is 14.3 Å². The Morgan fingerprint density at radius 1 is 1.16 bits per heavy atom. The van der Waals surface area contributed by atoms with Gasteiger partial charge in [-0.1, -0.05) is 25.0 Å². The van der Waals surface area contributed by atoms with E-state index in [1.807, 2.05) is 0 Å². The summed E-state index contributed by atoms with van der Waals surface area (Å²) in [6, 6.07) is 8.73. The molecule has 7 heteroatoms. The molecule has 1 saturated carbocycles. The van der Waals surface area contributed by atoms with E-state index in [-0.39, 0.29) is 11.9 Å². The molecule has 1 heterocycles. The van der Waals surface area contributed by atoms with E-state index in [1.165, 1.54) is 13.4 Å². The van der Waals surface area contributed by atoms with Gasteiger partial charge in [-0.2, -0.15) is 0 Å². The highest BCUT2D eigenvalue weighted by atomic mass is 16.5. The number of carbonyl (C=O) groups is 2. The van der Waals surface area contributed by atoms with Crippen LogP contribution >= 0.6 is 0 Å². The minimum atomic E-state index is -0.448. The van der Waals surface area contributed by atoms with Gasteiger partial charge < -0.3 is 15.4 Å². The zero-order chi connectivity index (χ0) is 17.6. The molecule has 1 fully saturated rings. The summed E-state index contributed by atoms with van der Waals surface area (Å²) < 4.78 is 4.78. The van der Waals surface area contributed by atoms with Crippen LogP contribution in [-0.4, -0.2) is 35.0 Å². The van der Waals surface area contributed by atoms with Crippen LogP contribution in [0.3, 0.4) is 0 Å². The van der Waals surface area contributed by atoms with E-state index in [1.54, 1.807) is 30.3 Å². The number of nitrogens with zero attached hydrogens (tertiary/aromatic N) is 2. The van der Waals surface area contributed by atoms with Gasteiger partial charge in [-0.3, -0.25) is 4.79 Å². The summed E-state index contributed by atoms with van der Waals surface area (Å²) in [5.41, 5.74) is 1.23. The molecule has 1 aromatic heterocycles. The number of benzene rings is 1. The van der Waals surface area contributed by atoms with Crippen LogP contribution in [0.1, 0.15) is 46.5 Å². The number of rotatable bonds is 5. The third-order valence-corrected chi connectivity index (χ3v) is 4.19.